The molecule has 0 aliphatic carbocycles. The van der Waals surface area contributed by atoms with Gasteiger partial charge in [0, 0.05) is 23.8 Å². The number of aromatic nitrogens is 1. The quantitative estimate of drug-likeness (QED) is 0.774. The van der Waals surface area contributed by atoms with Crippen molar-refractivity contribution in [2.45, 2.75) is 12.5 Å². The highest BCUT2D eigenvalue weighted by Crippen LogP contribution is 2.32. The van der Waals surface area contributed by atoms with Crippen LogP contribution in [0.5, 0.6) is 11.6 Å². The molecule has 1 fully saturated rings. The minimum Gasteiger partial charge on any atom is -0.437 e. The molecule has 1 amide bonds. The number of carbonyl (C=O) groups is 1. The summed E-state index contributed by atoms with van der Waals surface area (Å²) in [4.78, 5) is 16.6. The van der Waals surface area contributed by atoms with Gasteiger partial charge in [0.15, 0.2) is 0 Å². The van der Waals surface area contributed by atoms with E-state index in [2.05, 4.69) is 15.6 Å². The smallest absolute Gasteiger partial charge is 0.257 e. The van der Waals surface area contributed by atoms with Crippen molar-refractivity contribution in [3.63, 3.8) is 0 Å². The SMILES string of the molecule is Cl.Cl.O=C(NC1CCNC1)c1cccnc1Oc1ccc(Cl)cc1Cl. The van der Waals surface area contributed by atoms with E-state index < -0.39 is 0 Å². The number of nitrogens with one attached hydrogen (secondary N) is 2. The third-order valence-electron chi connectivity index (χ3n) is 3.51. The van der Waals surface area contributed by atoms with Gasteiger partial charge in [-0.15, -0.1) is 24.8 Å². The molecule has 0 bridgehead atoms. The third-order valence-corrected chi connectivity index (χ3v) is 4.04. The number of carbonyl (C=O) groups excluding carboxylic acids is 1. The molecule has 2 aromatic rings. The first-order chi connectivity index (χ1) is 11.1. The molecule has 1 saturated heterocycles. The number of pyridine rings is 1. The lowest BCUT2D eigenvalue weighted by Crippen LogP contribution is -2.36. The average Bonchev–Trinajstić information content (AvgIpc) is 3.03. The molecule has 0 saturated carbocycles. The zero-order valence-corrected chi connectivity index (χ0v) is 16.1. The zero-order chi connectivity index (χ0) is 16.2. The van der Waals surface area contributed by atoms with Gasteiger partial charge in [-0.1, -0.05) is 23.2 Å². The predicted molar refractivity (Wildman–Crippen MR) is 104 cm³/mol. The maximum absolute atomic E-state index is 12.4. The maximum atomic E-state index is 12.4. The van der Waals surface area contributed by atoms with Crippen molar-refractivity contribution in [2.75, 3.05) is 13.1 Å². The standard InChI is InChI=1S/C16H15Cl2N3O2.2ClH/c17-10-3-4-14(13(18)8-10)23-16-12(2-1-6-20-16)15(22)21-11-5-7-19-9-11;;/h1-4,6,8,11,19H,5,7,9H2,(H,21,22);2*1H. The summed E-state index contributed by atoms with van der Waals surface area (Å²) in [6.07, 6.45) is 2.47. The van der Waals surface area contributed by atoms with Crippen LogP contribution in [0.3, 0.4) is 0 Å². The van der Waals surface area contributed by atoms with Crippen molar-refractivity contribution in [3.8, 4) is 11.6 Å². The van der Waals surface area contributed by atoms with E-state index in [-0.39, 0.29) is 42.6 Å². The molecule has 1 aromatic heterocycles. The molecular weight excluding hydrogens is 408 g/mol. The van der Waals surface area contributed by atoms with Crippen molar-refractivity contribution in [3.05, 3.63) is 52.1 Å². The van der Waals surface area contributed by atoms with Crippen LogP contribution in [0, 0.1) is 0 Å². The zero-order valence-electron chi connectivity index (χ0n) is 13.0. The summed E-state index contributed by atoms with van der Waals surface area (Å²) in [7, 11) is 0. The molecule has 3 rings (SSSR count). The Hall–Kier alpha value is -1.24. The number of amides is 1. The molecule has 5 nitrogen and oxygen atoms in total. The van der Waals surface area contributed by atoms with Crippen molar-refractivity contribution in [2.24, 2.45) is 0 Å². The highest BCUT2D eigenvalue weighted by molar-refractivity contribution is 6.35. The Morgan fingerprint density at radius 3 is 2.76 bits per heavy atom. The van der Waals surface area contributed by atoms with Crippen LogP contribution >= 0.6 is 48.0 Å². The molecule has 2 heterocycles. The first kappa shape index (κ1) is 21.8. The van der Waals surface area contributed by atoms with Crippen molar-refractivity contribution < 1.29 is 9.53 Å². The van der Waals surface area contributed by atoms with E-state index >= 15 is 0 Å². The lowest BCUT2D eigenvalue weighted by Gasteiger charge is -2.14. The summed E-state index contributed by atoms with van der Waals surface area (Å²) in [6.45, 7) is 1.67. The predicted octanol–water partition coefficient (Wildman–Crippen LogP) is 4.12. The highest BCUT2D eigenvalue weighted by atomic mass is 35.5. The van der Waals surface area contributed by atoms with E-state index in [1.807, 2.05) is 0 Å². The maximum Gasteiger partial charge on any atom is 0.257 e. The molecule has 1 atom stereocenters. The van der Waals surface area contributed by atoms with Crippen molar-refractivity contribution >= 4 is 53.9 Å². The molecule has 1 aliphatic rings. The van der Waals surface area contributed by atoms with Crippen LogP contribution in [0.15, 0.2) is 36.5 Å². The Kier molecular flexibility index (Phi) is 8.76. The Labute approximate surface area is 168 Å². The number of ether oxygens (including phenoxy) is 1. The minimum absolute atomic E-state index is 0. The number of benzene rings is 1. The van der Waals surface area contributed by atoms with Gasteiger partial charge in [-0.2, -0.15) is 0 Å². The van der Waals surface area contributed by atoms with Crippen molar-refractivity contribution in [1.29, 1.82) is 0 Å². The second-order valence-corrected chi connectivity index (χ2v) is 6.04. The summed E-state index contributed by atoms with van der Waals surface area (Å²) < 4.78 is 5.70. The van der Waals surface area contributed by atoms with Crippen LogP contribution < -0.4 is 15.4 Å². The van der Waals surface area contributed by atoms with E-state index in [9.17, 15) is 4.79 Å². The summed E-state index contributed by atoms with van der Waals surface area (Å²) in [5, 5.41) is 7.04. The summed E-state index contributed by atoms with van der Waals surface area (Å²) in [5.74, 6) is 0.387. The summed E-state index contributed by atoms with van der Waals surface area (Å²) >= 11 is 12.0. The number of hydrogen-bond donors (Lipinski definition) is 2. The molecule has 1 unspecified atom stereocenters. The average molecular weight is 425 g/mol. The second kappa shape index (κ2) is 10.0. The molecule has 1 aromatic carbocycles. The molecule has 0 radical (unpaired) electrons. The van der Waals surface area contributed by atoms with Gasteiger partial charge in [0.1, 0.15) is 11.3 Å². The van der Waals surface area contributed by atoms with E-state index in [0.29, 0.717) is 21.4 Å². The van der Waals surface area contributed by atoms with E-state index in [4.69, 9.17) is 27.9 Å². The van der Waals surface area contributed by atoms with E-state index in [1.54, 1.807) is 36.5 Å². The third kappa shape index (κ3) is 5.62. The number of halogens is 4. The van der Waals surface area contributed by atoms with Crippen LogP contribution in [-0.2, 0) is 0 Å². The molecule has 2 N–H and O–H groups in total. The van der Waals surface area contributed by atoms with Gasteiger partial charge in [-0.05, 0) is 43.3 Å². The fourth-order valence-electron chi connectivity index (χ4n) is 2.35. The van der Waals surface area contributed by atoms with Crippen LogP contribution in [0.2, 0.25) is 10.0 Å². The summed E-state index contributed by atoms with van der Waals surface area (Å²) in [5.41, 5.74) is 0.366. The molecule has 0 spiro atoms. The van der Waals surface area contributed by atoms with E-state index in [0.717, 1.165) is 19.5 Å². The summed E-state index contributed by atoms with van der Waals surface area (Å²) in [6, 6.07) is 8.36. The number of hydrogen-bond acceptors (Lipinski definition) is 4. The van der Waals surface area contributed by atoms with Gasteiger partial charge in [0.05, 0.1) is 5.02 Å². The fourth-order valence-corrected chi connectivity index (χ4v) is 2.80. The highest BCUT2D eigenvalue weighted by Gasteiger charge is 2.21. The van der Waals surface area contributed by atoms with Gasteiger partial charge in [-0.25, -0.2) is 4.98 Å². The Balaban J connectivity index is 0.00000156. The van der Waals surface area contributed by atoms with Crippen LogP contribution in [0.1, 0.15) is 16.8 Å². The van der Waals surface area contributed by atoms with Gasteiger partial charge >= 0.3 is 0 Å². The normalized spacial score (nSPS) is 15.7. The molecule has 9 heteroatoms. The lowest BCUT2D eigenvalue weighted by atomic mass is 10.2. The Morgan fingerprint density at radius 1 is 1.28 bits per heavy atom. The van der Waals surface area contributed by atoms with Gasteiger partial charge in [0.2, 0.25) is 5.88 Å². The Morgan fingerprint density at radius 2 is 2.08 bits per heavy atom. The largest absolute Gasteiger partial charge is 0.437 e. The van der Waals surface area contributed by atoms with E-state index in [1.165, 1.54) is 0 Å². The van der Waals surface area contributed by atoms with Gasteiger partial charge in [-0.3, -0.25) is 4.79 Å². The van der Waals surface area contributed by atoms with Gasteiger partial charge < -0.3 is 15.4 Å². The number of nitrogens with zero attached hydrogens (tertiary/aromatic N) is 1. The topological polar surface area (TPSA) is 63.2 Å². The lowest BCUT2D eigenvalue weighted by molar-refractivity contribution is 0.0937. The number of rotatable bonds is 4. The molecular formula is C16H17Cl4N3O2. The molecule has 136 valence electrons. The first-order valence-electron chi connectivity index (χ1n) is 7.23. The van der Waals surface area contributed by atoms with Gasteiger partial charge in [0.25, 0.3) is 5.91 Å². The van der Waals surface area contributed by atoms with Crippen LogP contribution in [-0.4, -0.2) is 30.0 Å². The van der Waals surface area contributed by atoms with Crippen LogP contribution in [0.25, 0.3) is 0 Å². The fraction of sp³-hybridized carbons (Fsp3) is 0.250. The monoisotopic (exact) mass is 423 g/mol. The molecule has 25 heavy (non-hydrogen) atoms. The second-order valence-electron chi connectivity index (χ2n) is 5.20. The minimum atomic E-state index is -0.216. The first-order valence-corrected chi connectivity index (χ1v) is 7.98. The van der Waals surface area contributed by atoms with Crippen LogP contribution in [0.4, 0.5) is 0 Å². The Bertz CT molecular complexity index is 724. The van der Waals surface area contributed by atoms with Crippen molar-refractivity contribution in [1.82, 2.24) is 15.6 Å². The molecule has 1 aliphatic heterocycles.